The summed E-state index contributed by atoms with van der Waals surface area (Å²) in [5.41, 5.74) is 9.78. The van der Waals surface area contributed by atoms with Crippen molar-refractivity contribution in [3.8, 4) is 0 Å². The zero-order valence-electron chi connectivity index (χ0n) is 9.54. The van der Waals surface area contributed by atoms with Crippen molar-refractivity contribution in [1.82, 2.24) is 0 Å². The normalized spacial score (nSPS) is 12.6. The number of benzene rings is 1. The number of nitrogens with zero attached hydrogens (tertiary/aromatic N) is 1. The Labute approximate surface area is 86.7 Å². The standard InChI is InChI=1S/C12H20N2/c1-5-12(13)11-7-6-10(14(3)4)8-9(11)2/h6-8,12H,5,13H2,1-4H3/t12-/m1/s1. The van der Waals surface area contributed by atoms with E-state index in [9.17, 15) is 0 Å². The molecule has 0 unspecified atom stereocenters. The van der Waals surface area contributed by atoms with Crippen LogP contribution in [0, 0.1) is 6.92 Å². The average Bonchev–Trinajstić information content (AvgIpc) is 2.16. The molecule has 1 aromatic rings. The summed E-state index contributed by atoms with van der Waals surface area (Å²) in [6, 6.07) is 6.62. The van der Waals surface area contributed by atoms with Gasteiger partial charge in [0.1, 0.15) is 0 Å². The van der Waals surface area contributed by atoms with E-state index in [4.69, 9.17) is 5.73 Å². The highest BCUT2D eigenvalue weighted by molar-refractivity contribution is 5.50. The summed E-state index contributed by atoms with van der Waals surface area (Å²) in [6.45, 7) is 4.24. The molecule has 0 saturated heterocycles. The van der Waals surface area contributed by atoms with Crippen LogP contribution in [0.5, 0.6) is 0 Å². The van der Waals surface area contributed by atoms with Gasteiger partial charge in [-0.2, -0.15) is 0 Å². The maximum absolute atomic E-state index is 6.01. The maximum atomic E-state index is 6.01. The monoisotopic (exact) mass is 192 g/mol. The number of hydrogen-bond donors (Lipinski definition) is 1. The van der Waals surface area contributed by atoms with Gasteiger partial charge in [-0.05, 0) is 36.6 Å². The highest BCUT2D eigenvalue weighted by Crippen LogP contribution is 2.22. The van der Waals surface area contributed by atoms with Gasteiger partial charge >= 0.3 is 0 Å². The predicted molar refractivity (Wildman–Crippen MR) is 62.7 cm³/mol. The van der Waals surface area contributed by atoms with E-state index in [0.717, 1.165) is 6.42 Å². The molecule has 0 bridgehead atoms. The van der Waals surface area contributed by atoms with Gasteiger partial charge in [-0.25, -0.2) is 0 Å². The second kappa shape index (κ2) is 4.47. The lowest BCUT2D eigenvalue weighted by Crippen LogP contribution is -2.12. The Hall–Kier alpha value is -1.02. The number of aryl methyl sites for hydroxylation is 1. The third kappa shape index (κ3) is 2.26. The van der Waals surface area contributed by atoms with Crippen molar-refractivity contribution in [2.24, 2.45) is 5.73 Å². The minimum Gasteiger partial charge on any atom is -0.378 e. The summed E-state index contributed by atoms with van der Waals surface area (Å²) >= 11 is 0. The molecule has 14 heavy (non-hydrogen) atoms. The van der Waals surface area contributed by atoms with Crippen molar-refractivity contribution < 1.29 is 0 Å². The van der Waals surface area contributed by atoms with Crippen LogP contribution in [0.4, 0.5) is 5.69 Å². The minimum absolute atomic E-state index is 0.172. The number of nitrogens with two attached hydrogens (primary N) is 1. The molecule has 0 spiro atoms. The fraction of sp³-hybridized carbons (Fsp3) is 0.500. The smallest absolute Gasteiger partial charge is 0.0363 e. The second-order valence-electron chi connectivity index (χ2n) is 3.95. The van der Waals surface area contributed by atoms with E-state index in [-0.39, 0.29) is 6.04 Å². The highest BCUT2D eigenvalue weighted by atomic mass is 15.1. The molecule has 0 radical (unpaired) electrons. The molecule has 0 fully saturated rings. The van der Waals surface area contributed by atoms with Gasteiger partial charge in [0.05, 0.1) is 0 Å². The lowest BCUT2D eigenvalue weighted by Gasteiger charge is -2.17. The molecule has 2 nitrogen and oxygen atoms in total. The van der Waals surface area contributed by atoms with Gasteiger partial charge in [0, 0.05) is 25.8 Å². The van der Waals surface area contributed by atoms with Gasteiger partial charge in [0.25, 0.3) is 0 Å². The lowest BCUT2D eigenvalue weighted by molar-refractivity contribution is 0.694. The van der Waals surface area contributed by atoms with E-state index < -0.39 is 0 Å². The van der Waals surface area contributed by atoms with Crippen LogP contribution in [-0.2, 0) is 0 Å². The van der Waals surface area contributed by atoms with Crippen LogP contribution in [0.3, 0.4) is 0 Å². The van der Waals surface area contributed by atoms with E-state index in [1.54, 1.807) is 0 Å². The van der Waals surface area contributed by atoms with Crippen molar-refractivity contribution in [2.45, 2.75) is 26.3 Å². The van der Waals surface area contributed by atoms with Crippen LogP contribution < -0.4 is 10.6 Å². The lowest BCUT2D eigenvalue weighted by atomic mass is 9.99. The first-order chi connectivity index (χ1) is 6.56. The molecule has 0 heterocycles. The molecule has 1 rings (SSSR count). The van der Waals surface area contributed by atoms with Crippen molar-refractivity contribution >= 4 is 5.69 Å². The quantitative estimate of drug-likeness (QED) is 0.797. The largest absolute Gasteiger partial charge is 0.378 e. The Morgan fingerprint density at radius 3 is 2.43 bits per heavy atom. The number of anilines is 1. The Kier molecular flexibility index (Phi) is 3.53. The maximum Gasteiger partial charge on any atom is 0.0363 e. The molecule has 0 aliphatic carbocycles. The zero-order chi connectivity index (χ0) is 10.7. The molecule has 2 heteroatoms. The molecular weight excluding hydrogens is 172 g/mol. The van der Waals surface area contributed by atoms with E-state index in [0.29, 0.717) is 0 Å². The summed E-state index contributed by atoms with van der Waals surface area (Å²) in [6.07, 6.45) is 0.988. The summed E-state index contributed by atoms with van der Waals surface area (Å²) < 4.78 is 0. The van der Waals surface area contributed by atoms with Crippen molar-refractivity contribution in [2.75, 3.05) is 19.0 Å². The van der Waals surface area contributed by atoms with Crippen LogP contribution in [0.2, 0.25) is 0 Å². The van der Waals surface area contributed by atoms with Crippen LogP contribution in [0.25, 0.3) is 0 Å². The van der Waals surface area contributed by atoms with Gasteiger partial charge in [-0.1, -0.05) is 13.0 Å². The van der Waals surface area contributed by atoms with Crippen molar-refractivity contribution in [1.29, 1.82) is 0 Å². The van der Waals surface area contributed by atoms with Crippen LogP contribution in [-0.4, -0.2) is 14.1 Å². The van der Waals surface area contributed by atoms with Gasteiger partial charge in [-0.15, -0.1) is 0 Å². The third-order valence-corrected chi connectivity index (χ3v) is 2.61. The molecule has 0 aliphatic rings. The number of rotatable bonds is 3. The third-order valence-electron chi connectivity index (χ3n) is 2.61. The first-order valence-electron chi connectivity index (χ1n) is 5.09. The molecule has 0 saturated carbocycles. The summed E-state index contributed by atoms with van der Waals surface area (Å²) in [5, 5.41) is 0. The highest BCUT2D eigenvalue weighted by Gasteiger charge is 2.07. The summed E-state index contributed by atoms with van der Waals surface area (Å²) in [7, 11) is 4.10. The molecule has 1 aromatic carbocycles. The van der Waals surface area contributed by atoms with Crippen LogP contribution in [0.15, 0.2) is 18.2 Å². The van der Waals surface area contributed by atoms with Crippen molar-refractivity contribution in [3.05, 3.63) is 29.3 Å². The zero-order valence-corrected chi connectivity index (χ0v) is 9.54. The molecule has 2 N–H and O–H groups in total. The molecule has 1 atom stereocenters. The molecular formula is C12H20N2. The molecule has 0 aliphatic heterocycles. The molecule has 78 valence electrons. The van der Waals surface area contributed by atoms with E-state index in [1.165, 1.54) is 16.8 Å². The summed E-state index contributed by atoms with van der Waals surface area (Å²) in [5.74, 6) is 0. The SMILES string of the molecule is CC[C@@H](N)c1ccc(N(C)C)cc1C. The van der Waals surface area contributed by atoms with Gasteiger partial charge in [0.15, 0.2) is 0 Å². The van der Waals surface area contributed by atoms with Crippen LogP contribution >= 0.6 is 0 Å². The van der Waals surface area contributed by atoms with Crippen molar-refractivity contribution in [3.63, 3.8) is 0 Å². The average molecular weight is 192 g/mol. The van der Waals surface area contributed by atoms with Gasteiger partial charge in [-0.3, -0.25) is 0 Å². The van der Waals surface area contributed by atoms with E-state index in [2.05, 4.69) is 36.9 Å². The first kappa shape index (κ1) is 11.1. The van der Waals surface area contributed by atoms with Crippen LogP contribution in [0.1, 0.15) is 30.5 Å². The first-order valence-corrected chi connectivity index (χ1v) is 5.09. The molecule has 0 aromatic heterocycles. The van der Waals surface area contributed by atoms with E-state index >= 15 is 0 Å². The van der Waals surface area contributed by atoms with Gasteiger partial charge in [0.2, 0.25) is 0 Å². The fourth-order valence-electron chi connectivity index (χ4n) is 1.57. The predicted octanol–water partition coefficient (Wildman–Crippen LogP) is 2.47. The summed E-state index contributed by atoms with van der Waals surface area (Å²) in [4.78, 5) is 2.11. The second-order valence-corrected chi connectivity index (χ2v) is 3.95. The Bertz CT molecular complexity index is 305. The Balaban J connectivity index is 3.01. The minimum atomic E-state index is 0.172. The molecule has 0 amide bonds. The van der Waals surface area contributed by atoms with Gasteiger partial charge < -0.3 is 10.6 Å². The fourth-order valence-corrected chi connectivity index (χ4v) is 1.57. The Morgan fingerprint density at radius 1 is 1.36 bits per heavy atom. The topological polar surface area (TPSA) is 29.3 Å². The Morgan fingerprint density at radius 2 is 2.00 bits per heavy atom. The van der Waals surface area contributed by atoms with E-state index in [1.807, 2.05) is 14.1 Å². The number of hydrogen-bond acceptors (Lipinski definition) is 2.